The molecule has 2 aliphatic heterocycles. The van der Waals surface area contributed by atoms with Gasteiger partial charge in [-0.1, -0.05) is 0 Å². The van der Waals surface area contributed by atoms with Gasteiger partial charge in [0.1, 0.15) is 11.3 Å². The lowest BCUT2D eigenvalue weighted by molar-refractivity contribution is -0.113. The largest absolute Gasteiger partial charge is 0.481 e. The van der Waals surface area contributed by atoms with Crippen molar-refractivity contribution in [3.8, 4) is 5.88 Å². The van der Waals surface area contributed by atoms with Crippen molar-refractivity contribution >= 4 is 52.0 Å². The summed E-state index contributed by atoms with van der Waals surface area (Å²) in [5.74, 6) is 4.68. The Hall–Kier alpha value is -2.56. The van der Waals surface area contributed by atoms with E-state index in [4.69, 9.17) is 4.74 Å². The average Bonchev–Trinajstić information content (AvgIpc) is 3.33. The predicted octanol–water partition coefficient (Wildman–Crippen LogP) is 3.43. The maximum absolute atomic E-state index is 11.6. The number of hydrogen-bond acceptors (Lipinski definition) is 9. The van der Waals surface area contributed by atoms with E-state index in [1.807, 2.05) is 42.2 Å². The SMILES string of the molecule is COc1ccc2nccc(N3CCC(CSCCNCc4ccc5c(n4)NC(=O)CS5)C3)c2n1. The van der Waals surface area contributed by atoms with Gasteiger partial charge in [-0.05, 0) is 42.4 Å². The first-order chi connectivity index (χ1) is 16.7. The number of nitrogens with zero attached hydrogens (tertiary/aromatic N) is 4. The minimum Gasteiger partial charge on any atom is -0.481 e. The lowest BCUT2D eigenvalue weighted by Crippen LogP contribution is -2.22. The molecule has 1 amide bonds. The summed E-state index contributed by atoms with van der Waals surface area (Å²) < 4.78 is 5.32. The van der Waals surface area contributed by atoms with E-state index < -0.39 is 0 Å². The Morgan fingerprint density at radius 3 is 3.12 bits per heavy atom. The van der Waals surface area contributed by atoms with Gasteiger partial charge in [-0.2, -0.15) is 11.8 Å². The number of anilines is 2. The third-order valence-electron chi connectivity index (χ3n) is 5.99. The molecule has 5 rings (SSSR count). The molecule has 0 radical (unpaired) electrons. The van der Waals surface area contributed by atoms with E-state index in [2.05, 4.69) is 36.6 Å². The maximum Gasteiger partial charge on any atom is 0.235 e. The number of amides is 1. The van der Waals surface area contributed by atoms with Crippen LogP contribution in [0.4, 0.5) is 11.5 Å². The standard InChI is InChI=1S/C24H28N6O2S2/c1-32-22-5-3-18-23(29-22)19(6-8-26-18)30-10-7-16(13-30)14-33-11-9-25-12-17-2-4-20-24(27-17)28-21(31)15-34-20/h2-6,8,16,25H,7,9-15H2,1H3,(H,27,28,31). The van der Waals surface area contributed by atoms with Gasteiger partial charge < -0.3 is 20.3 Å². The molecule has 2 N–H and O–H groups in total. The number of carbonyl (C=O) groups is 1. The van der Waals surface area contributed by atoms with Gasteiger partial charge in [0.25, 0.3) is 0 Å². The van der Waals surface area contributed by atoms with Gasteiger partial charge in [0.2, 0.25) is 11.8 Å². The van der Waals surface area contributed by atoms with Crippen molar-refractivity contribution in [3.05, 3.63) is 42.2 Å². The summed E-state index contributed by atoms with van der Waals surface area (Å²) in [5.41, 5.74) is 3.91. The van der Waals surface area contributed by atoms with Crippen molar-refractivity contribution in [2.75, 3.05) is 54.2 Å². The van der Waals surface area contributed by atoms with Crippen LogP contribution in [-0.2, 0) is 11.3 Å². The fourth-order valence-electron chi connectivity index (χ4n) is 4.26. The Bertz CT molecular complexity index is 1180. The van der Waals surface area contributed by atoms with Crippen LogP contribution in [0.3, 0.4) is 0 Å². The van der Waals surface area contributed by atoms with Crippen LogP contribution in [0.25, 0.3) is 11.0 Å². The van der Waals surface area contributed by atoms with Gasteiger partial charge in [0, 0.05) is 44.2 Å². The number of nitrogens with one attached hydrogen (secondary N) is 2. The molecule has 178 valence electrons. The molecule has 5 heterocycles. The zero-order chi connectivity index (χ0) is 23.3. The number of rotatable bonds is 9. The summed E-state index contributed by atoms with van der Waals surface area (Å²) in [6, 6.07) is 9.96. The Morgan fingerprint density at radius 1 is 1.26 bits per heavy atom. The summed E-state index contributed by atoms with van der Waals surface area (Å²) in [5, 5.41) is 6.32. The molecule has 0 aliphatic carbocycles. The molecule has 1 fully saturated rings. The molecule has 0 bridgehead atoms. The van der Waals surface area contributed by atoms with Crippen molar-refractivity contribution < 1.29 is 9.53 Å². The van der Waals surface area contributed by atoms with Gasteiger partial charge in [-0.25, -0.2) is 9.97 Å². The molecule has 3 aromatic heterocycles. The number of carbonyl (C=O) groups excluding carboxylic acids is 1. The highest BCUT2D eigenvalue weighted by Crippen LogP contribution is 2.31. The van der Waals surface area contributed by atoms with Crippen LogP contribution in [0, 0.1) is 5.92 Å². The number of pyridine rings is 3. The van der Waals surface area contributed by atoms with E-state index in [0.29, 0.717) is 29.9 Å². The minimum atomic E-state index is 0.0186. The third kappa shape index (κ3) is 5.39. The van der Waals surface area contributed by atoms with Crippen LogP contribution >= 0.6 is 23.5 Å². The predicted molar refractivity (Wildman–Crippen MR) is 139 cm³/mol. The number of methoxy groups -OCH3 is 1. The van der Waals surface area contributed by atoms with E-state index in [1.165, 1.54) is 18.2 Å². The quantitative estimate of drug-likeness (QED) is 0.432. The monoisotopic (exact) mass is 496 g/mol. The first-order valence-electron chi connectivity index (χ1n) is 11.5. The fourth-order valence-corrected chi connectivity index (χ4v) is 6.08. The number of thioether (sulfide) groups is 2. The maximum atomic E-state index is 11.6. The van der Waals surface area contributed by atoms with E-state index in [9.17, 15) is 4.79 Å². The highest BCUT2D eigenvalue weighted by molar-refractivity contribution is 8.00. The number of hydrogen-bond donors (Lipinski definition) is 2. The molecule has 2 aliphatic rings. The zero-order valence-corrected chi connectivity index (χ0v) is 20.8. The lowest BCUT2D eigenvalue weighted by Gasteiger charge is -2.20. The topological polar surface area (TPSA) is 92.3 Å². The number of aromatic nitrogens is 3. The number of ether oxygens (including phenoxy) is 1. The molecule has 34 heavy (non-hydrogen) atoms. The van der Waals surface area contributed by atoms with Gasteiger partial charge in [0.15, 0.2) is 0 Å². The first-order valence-corrected chi connectivity index (χ1v) is 13.6. The van der Waals surface area contributed by atoms with E-state index >= 15 is 0 Å². The van der Waals surface area contributed by atoms with Gasteiger partial charge in [0.05, 0.1) is 34.7 Å². The third-order valence-corrected chi connectivity index (χ3v) is 8.23. The Labute approximate surface area is 207 Å². The average molecular weight is 497 g/mol. The van der Waals surface area contributed by atoms with E-state index in [-0.39, 0.29) is 5.91 Å². The molecule has 0 saturated carbocycles. The molecule has 8 nitrogen and oxygen atoms in total. The highest BCUT2D eigenvalue weighted by Gasteiger charge is 2.24. The Kier molecular flexibility index (Phi) is 7.36. The van der Waals surface area contributed by atoms with Crippen molar-refractivity contribution in [2.24, 2.45) is 5.92 Å². The second-order valence-corrected chi connectivity index (χ2v) is 10.6. The molecule has 0 aromatic carbocycles. The molecule has 10 heteroatoms. The molecule has 3 aromatic rings. The second kappa shape index (κ2) is 10.8. The molecule has 1 unspecified atom stereocenters. The number of fused-ring (bicyclic) bond motifs is 2. The van der Waals surface area contributed by atoms with Gasteiger partial charge >= 0.3 is 0 Å². The van der Waals surface area contributed by atoms with Crippen LogP contribution < -0.4 is 20.3 Å². The van der Waals surface area contributed by atoms with Crippen molar-refractivity contribution in [3.63, 3.8) is 0 Å². The normalized spacial score (nSPS) is 17.6. The van der Waals surface area contributed by atoms with Crippen LogP contribution in [0.15, 0.2) is 41.4 Å². The van der Waals surface area contributed by atoms with E-state index in [1.54, 1.807) is 7.11 Å². The van der Waals surface area contributed by atoms with Crippen molar-refractivity contribution in [1.29, 1.82) is 0 Å². The molecule has 0 spiro atoms. The molecule has 1 saturated heterocycles. The zero-order valence-electron chi connectivity index (χ0n) is 19.1. The van der Waals surface area contributed by atoms with Crippen molar-refractivity contribution in [1.82, 2.24) is 20.3 Å². The first kappa shape index (κ1) is 23.2. The Morgan fingerprint density at radius 2 is 2.21 bits per heavy atom. The van der Waals surface area contributed by atoms with Gasteiger partial charge in [-0.3, -0.25) is 9.78 Å². The second-order valence-electron chi connectivity index (χ2n) is 8.39. The molecule has 1 atom stereocenters. The van der Waals surface area contributed by atoms with Crippen LogP contribution in [0.1, 0.15) is 12.1 Å². The minimum absolute atomic E-state index is 0.0186. The summed E-state index contributed by atoms with van der Waals surface area (Å²) in [6.07, 6.45) is 3.06. The molecular formula is C24H28N6O2S2. The van der Waals surface area contributed by atoms with Crippen molar-refractivity contribution in [2.45, 2.75) is 17.9 Å². The van der Waals surface area contributed by atoms with E-state index in [0.717, 1.165) is 58.5 Å². The molecular weight excluding hydrogens is 468 g/mol. The smallest absolute Gasteiger partial charge is 0.235 e. The van der Waals surface area contributed by atoms with Crippen LogP contribution in [0.5, 0.6) is 5.88 Å². The highest BCUT2D eigenvalue weighted by atomic mass is 32.2. The summed E-state index contributed by atoms with van der Waals surface area (Å²) >= 11 is 3.54. The van der Waals surface area contributed by atoms with Gasteiger partial charge in [-0.15, -0.1) is 11.8 Å². The summed E-state index contributed by atoms with van der Waals surface area (Å²) in [7, 11) is 1.64. The Balaban J connectivity index is 1.05. The van der Waals surface area contributed by atoms with Crippen LogP contribution in [0.2, 0.25) is 0 Å². The summed E-state index contributed by atoms with van der Waals surface area (Å²) in [6.45, 7) is 3.72. The summed E-state index contributed by atoms with van der Waals surface area (Å²) in [4.78, 5) is 28.7. The van der Waals surface area contributed by atoms with Crippen LogP contribution in [-0.4, -0.2) is 64.9 Å². The lowest BCUT2D eigenvalue weighted by atomic mass is 10.2. The fraction of sp³-hybridized carbons (Fsp3) is 0.417.